The molecule has 3 rings (SSSR count). The van der Waals surface area contributed by atoms with Crippen LogP contribution in [0.1, 0.15) is 45.0 Å². The standard InChI is InChI=1S/C20H28ClN7O3/c1-10(2)27-16-17(23-13-6-7-15(21)14(8-13)19(30)31)24-20(22-9-12(5)29)25-18(16)28(26-27)11(3)4/h6-8,10-12,26,29H,9H2,1-5H3,(H,30,31)(H2,22,23,24,25). The summed E-state index contributed by atoms with van der Waals surface area (Å²) in [5.41, 5.74) is 4.60. The van der Waals surface area contributed by atoms with Crippen molar-refractivity contribution in [1.29, 1.82) is 0 Å². The molecule has 11 heteroatoms. The van der Waals surface area contributed by atoms with Crippen molar-refractivity contribution in [2.45, 2.75) is 52.8 Å². The second kappa shape index (κ2) is 9.13. The quantitative estimate of drug-likeness (QED) is 0.410. The van der Waals surface area contributed by atoms with E-state index in [0.717, 1.165) is 5.69 Å². The normalized spacial score (nSPS) is 14.2. The highest BCUT2D eigenvalue weighted by Gasteiger charge is 2.35. The summed E-state index contributed by atoms with van der Waals surface area (Å²) in [5, 5.41) is 29.3. The molecule has 1 aliphatic heterocycles. The van der Waals surface area contributed by atoms with Crippen molar-refractivity contribution < 1.29 is 15.0 Å². The van der Waals surface area contributed by atoms with Crippen LogP contribution >= 0.6 is 11.6 Å². The summed E-state index contributed by atoms with van der Waals surface area (Å²) in [5.74, 6) is 0.382. The Bertz CT molecular complexity index is 968. The number of nitrogens with zero attached hydrogens (tertiary/aromatic N) is 4. The third-order valence-corrected chi connectivity index (χ3v) is 4.93. The van der Waals surface area contributed by atoms with Crippen molar-refractivity contribution >= 4 is 46.5 Å². The zero-order chi connectivity index (χ0) is 22.9. The number of nitrogens with one attached hydrogen (secondary N) is 3. The van der Waals surface area contributed by atoms with Gasteiger partial charge in [0.25, 0.3) is 0 Å². The van der Waals surface area contributed by atoms with Gasteiger partial charge in [0.15, 0.2) is 11.6 Å². The fourth-order valence-corrected chi connectivity index (χ4v) is 3.29. The SMILES string of the molecule is CC(O)CNc1nc(Nc2ccc(Cl)c(C(=O)O)c2)c2c(n1)N(C(C)C)NN2C(C)C. The van der Waals surface area contributed by atoms with E-state index in [0.29, 0.717) is 23.3 Å². The van der Waals surface area contributed by atoms with Crippen LogP contribution in [0, 0.1) is 0 Å². The van der Waals surface area contributed by atoms with Gasteiger partial charge in [-0.05, 0) is 52.8 Å². The molecule has 1 aromatic heterocycles. The zero-order valence-electron chi connectivity index (χ0n) is 18.1. The molecule has 0 saturated carbocycles. The molecule has 0 radical (unpaired) electrons. The van der Waals surface area contributed by atoms with Crippen molar-refractivity contribution in [2.75, 3.05) is 27.2 Å². The average molecular weight is 450 g/mol. The van der Waals surface area contributed by atoms with E-state index in [1.54, 1.807) is 13.0 Å². The Morgan fingerprint density at radius 1 is 1.16 bits per heavy atom. The van der Waals surface area contributed by atoms with Crippen molar-refractivity contribution in [3.8, 4) is 0 Å². The van der Waals surface area contributed by atoms with Crippen LogP contribution in [0.25, 0.3) is 0 Å². The molecule has 0 spiro atoms. The van der Waals surface area contributed by atoms with Gasteiger partial charge in [-0.2, -0.15) is 9.97 Å². The molecule has 0 saturated heterocycles. The Hall–Kier alpha value is -2.82. The maximum Gasteiger partial charge on any atom is 0.337 e. The second-order valence-corrected chi connectivity index (χ2v) is 8.36. The van der Waals surface area contributed by atoms with Gasteiger partial charge in [0, 0.05) is 24.3 Å². The summed E-state index contributed by atoms with van der Waals surface area (Å²) in [7, 11) is 0. The number of fused-ring (bicyclic) bond motifs is 1. The molecular formula is C20H28ClN7O3. The van der Waals surface area contributed by atoms with Gasteiger partial charge in [-0.3, -0.25) is 10.0 Å². The van der Waals surface area contributed by atoms with Crippen LogP contribution in [0.15, 0.2) is 18.2 Å². The number of anilines is 5. The van der Waals surface area contributed by atoms with Gasteiger partial charge in [-0.1, -0.05) is 11.6 Å². The number of carboxylic acid groups (broad SMARTS) is 1. The molecular weight excluding hydrogens is 422 g/mol. The highest BCUT2D eigenvalue weighted by Crippen LogP contribution is 2.41. The van der Waals surface area contributed by atoms with Gasteiger partial charge >= 0.3 is 5.97 Å². The van der Waals surface area contributed by atoms with Crippen LogP contribution in [0.5, 0.6) is 0 Å². The predicted molar refractivity (Wildman–Crippen MR) is 122 cm³/mol. The van der Waals surface area contributed by atoms with E-state index >= 15 is 0 Å². The first-order valence-electron chi connectivity index (χ1n) is 10.1. The molecule has 1 aromatic carbocycles. The molecule has 10 nitrogen and oxygen atoms in total. The lowest BCUT2D eigenvalue weighted by atomic mass is 10.2. The smallest absolute Gasteiger partial charge is 0.337 e. The second-order valence-electron chi connectivity index (χ2n) is 7.95. The van der Waals surface area contributed by atoms with E-state index in [1.807, 2.05) is 37.7 Å². The summed E-state index contributed by atoms with van der Waals surface area (Å²) in [6.07, 6.45) is -0.575. The van der Waals surface area contributed by atoms with E-state index < -0.39 is 12.1 Å². The Morgan fingerprint density at radius 3 is 2.42 bits per heavy atom. The lowest BCUT2D eigenvalue weighted by Crippen LogP contribution is -2.50. The molecule has 0 fully saturated rings. The minimum Gasteiger partial charge on any atom is -0.478 e. The van der Waals surface area contributed by atoms with Gasteiger partial charge in [-0.25, -0.2) is 4.79 Å². The summed E-state index contributed by atoms with van der Waals surface area (Å²) < 4.78 is 0. The van der Waals surface area contributed by atoms with Crippen LogP contribution in [0.2, 0.25) is 5.02 Å². The van der Waals surface area contributed by atoms with Crippen molar-refractivity contribution in [3.05, 3.63) is 28.8 Å². The van der Waals surface area contributed by atoms with E-state index in [2.05, 4.69) is 26.1 Å². The average Bonchev–Trinajstić information content (AvgIpc) is 3.08. The zero-order valence-corrected chi connectivity index (χ0v) is 18.9. The maximum atomic E-state index is 11.5. The number of aromatic carboxylic acids is 1. The van der Waals surface area contributed by atoms with Crippen LogP contribution in [-0.2, 0) is 0 Å². The summed E-state index contributed by atoms with van der Waals surface area (Å²) >= 11 is 6.01. The van der Waals surface area contributed by atoms with Crippen LogP contribution < -0.4 is 26.2 Å². The van der Waals surface area contributed by atoms with Gasteiger partial charge in [0.05, 0.1) is 16.7 Å². The molecule has 2 aromatic rings. The van der Waals surface area contributed by atoms with Crippen molar-refractivity contribution in [2.24, 2.45) is 0 Å². The Labute approximate surface area is 186 Å². The Morgan fingerprint density at radius 2 is 1.84 bits per heavy atom. The molecule has 1 aliphatic rings. The number of hydrazine groups is 2. The third kappa shape index (κ3) is 4.92. The number of rotatable bonds is 8. The molecule has 0 bridgehead atoms. The highest BCUT2D eigenvalue weighted by molar-refractivity contribution is 6.33. The van der Waals surface area contributed by atoms with Crippen LogP contribution in [-0.4, -0.2) is 50.9 Å². The minimum absolute atomic E-state index is 0.00697. The number of carboxylic acids is 1. The van der Waals surface area contributed by atoms with E-state index in [9.17, 15) is 15.0 Å². The van der Waals surface area contributed by atoms with E-state index in [-0.39, 0.29) is 29.2 Å². The monoisotopic (exact) mass is 449 g/mol. The van der Waals surface area contributed by atoms with Crippen LogP contribution in [0.4, 0.5) is 29.0 Å². The van der Waals surface area contributed by atoms with Crippen molar-refractivity contribution in [1.82, 2.24) is 15.5 Å². The number of aromatic nitrogens is 2. The first kappa shape index (κ1) is 22.9. The van der Waals surface area contributed by atoms with Gasteiger partial charge in [-0.15, -0.1) is 5.53 Å². The molecule has 1 unspecified atom stereocenters. The van der Waals surface area contributed by atoms with Crippen molar-refractivity contribution in [3.63, 3.8) is 0 Å². The number of aliphatic hydroxyl groups is 1. The molecule has 5 N–H and O–H groups in total. The number of halogens is 1. The lowest BCUT2D eigenvalue weighted by molar-refractivity contribution is 0.0697. The minimum atomic E-state index is -1.11. The third-order valence-electron chi connectivity index (χ3n) is 4.60. The highest BCUT2D eigenvalue weighted by atomic mass is 35.5. The number of hydrogen-bond donors (Lipinski definition) is 5. The largest absolute Gasteiger partial charge is 0.478 e. The molecule has 0 aliphatic carbocycles. The maximum absolute atomic E-state index is 11.5. The first-order valence-corrected chi connectivity index (χ1v) is 10.4. The van der Waals surface area contributed by atoms with Crippen LogP contribution in [0.3, 0.4) is 0 Å². The summed E-state index contributed by atoms with van der Waals surface area (Å²) in [6, 6.07) is 4.87. The van der Waals surface area contributed by atoms with Gasteiger partial charge < -0.3 is 20.8 Å². The number of aliphatic hydroxyl groups excluding tert-OH is 1. The topological polar surface area (TPSA) is 126 Å². The summed E-state index contributed by atoms with van der Waals surface area (Å²) in [4.78, 5) is 20.7. The fourth-order valence-electron chi connectivity index (χ4n) is 3.09. The van der Waals surface area contributed by atoms with Gasteiger partial charge in [0.1, 0.15) is 5.69 Å². The molecule has 0 amide bonds. The Balaban J connectivity index is 2.10. The molecule has 31 heavy (non-hydrogen) atoms. The molecule has 1 atom stereocenters. The predicted octanol–water partition coefficient (Wildman–Crippen LogP) is 3.23. The fraction of sp³-hybridized carbons (Fsp3) is 0.450. The number of benzene rings is 1. The van der Waals surface area contributed by atoms with E-state index in [4.69, 9.17) is 11.6 Å². The van der Waals surface area contributed by atoms with Gasteiger partial charge in [0.2, 0.25) is 5.95 Å². The first-order chi connectivity index (χ1) is 14.6. The Kier molecular flexibility index (Phi) is 6.73. The molecule has 2 heterocycles. The van der Waals surface area contributed by atoms with E-state index in [1.165, 1.54) is 12.1 Å². The number of carbonyl (C=O) groups is 1. The summed E-state index contributed by atoms with van der Waals surface area (Å²) in [6.45, 7) is 10.1. The molecule has 168 valence electrons. The number of hydrogen-bond acceptors (Lipinski definition) is 9. The lowest BCUT2D eigenvalue weighted by Gasteiger charge is -2.27.